The molecule has 106 valence electrons. The summed E-state index contributed by atoms with van der Waals surface area (Å²) < 4.78 is 37.6. The fourth-order valence-corrected chi connectivity index (χ4v) is 2.23. The van der Waals surface area contributed by atoms with Crippen LogP contribution in [0, 0.1) is 11.8 Å². The highest BCUT2D eigenvalue weighted by Gasteiger charge is 2.53. The quantitative estimate of drug-likeness (QED) is 0.823. The first kappa shape index (κ1) is 15.3. The molecule has 1 rings (SSSR count). The molecular formula is C12H21F3N2O. The molecule has 1 aliphatic rings. The number of rotatable bonds is 3. The van der Waals surface area contributed by atoms with Gasteiger partial charge in [-0.25, -0.2) is 0 Å². The van der Waals surface area contributed by atoms with Crippen molar-refractivity contribution in [2.24, 2.45) is 17.6 Å². The molecule has 0 radical (unpaired) electrons. The van der Waals surface area contributed by atoms with Crippen molar-refractivity contribution in [1.29, 1.82) is 0 Å². The summed E-state index contributed by atoms with van der Waals surface area (Å²) in [5, 5.41) is 2.35. The second-order valence-corrected chi connectivity index (χ2v) is 5.43. The van der Waals surface area contributed by atoms with Crippen LogP contribution in [0.1, 0.15) is 39.5 Å². The Morgan fingerprint density at radius 3 is 2.39 bits per heavy atom. The van der Waals surface area contributed by atoms with Gasteiger partial charge >= 0.3 is 6.18 Å². The summed E-state index contributed by atoms with van der Waals surface area (Å²) >= 11 is 0. The first-order valence-electron chi connectivity index (χ1n) is 6.30. The van der Waals surface area contributed by atoms with E-state index >= 15 is 0 Å². The zero-order valence-corrected chi connectivity index (χ0v) is 10.8. The Morgan fingerprint density at radius 1 is 1.33 bits per heavy atom. The van der Waals surface area contributed by atoms with Crippen molar-refractivity contribution in [3.63, 3.8) is 0 Å². The van der Waals surface area contributed by atoms with Crippen molar-refractivity contribution in [2.75, 3.05) is 6.54 Å². The first-order valence-corrected chi connectivity index (χ1v) is 6.30. The van der Waals surface area contributed by atoms with E-state index in [1.807, 2.05) is 0 Å². The lowest BCUT2D eigenvalue weighted by Crippen LogP contribution is -2.61. The molecule has 3 atom stereocenters. The molecule has 3 N–H and O–H groups in total. The van der Waals surface area contributed by atoms with Crippen LogP contribution in [-0.2, 0) is 4.79 Å². The van der Waals surface area contributed by atoms with Gasteiger partial charge in [-0.3, -0.25) is 4.79 Å². The number of carbonyl (C=O) groups excluding carboxylic acids is 1. The average Bonchev–Trinajstić information content (AvgIpc) is 2.26. The predicted molar refractivity (Wildman–Crippen MR) is 62.8 cm³/mol. The number of amides is 1. The Hall–Kier alpha value is -0.780. The smallest absolute Gasteiger partial charge is 0.354 e. The fraction of sp³-hybridized carbons (Fsp3) is 0.917. The molecule has 0 bridgehead atoms. The fourth-order valence-electron chi connectivity index (χ4n) is 2.23. The molecule has 0 aromatic heterocycles. The van der Waals surface area contributed by atoms with E-state index in [0.717, 1.165) is 25.7 Å². The van der Waals surface area contributed by atoms with Gasteiger partial charge in [0.1, 0.15) is 0 Å². The monoisotopic (exact) mass is 266 g/mol. The number of carbonyl (C=O) groups is 1. The molecule has 0 aromatic rings. The van der Waals surface area contributed by atoms with Crippen molar-refractivity contribution in [2.45, 2.75) is 51.2 Å². The third kappa shape index (κ3) is 3.37. The Labute approximate surface area is 105 Å². The standard InChI is InChI=1S/C12H21F3N2O/c1-8-5-3-4-6-9(8)7-17-10(18)11(2,16)12(13,14)15/h8-9H,3-7,16H2,1-2H3,(H,17,18). The van der Waals surface area contributed by atoms with Crippen molar-refractivity contribution in [1.82, 2.24) is 5.32 Å². The molecule has 1 aliphatic carbocycles. The molecule has 1 amide bonds. The van der Waals surface area contributed by atoms with Crippen LogP contribution < -0.4 is 11.1 Å². The number of hydrogen-bond acceptors (Lipinski definition) is 2. The lowest BCUT2D eigenvalue weighted by atomic mass is 9.80. The highest BCUT2D eigenvalue weighted by molar-refractivity contribution is 5.86. The Balaban J connectivity index is 2.50. The molecule has 0 saturated heterocycles. The number of nitrogens with one attached hydrogen (secondary N) is 1. The Morgan fingerprint density at radius 2 is 1.89 bits per heavy atom. The van der Waals surface area contributed by atoms with Crippen LogP contribution in [0.4, 0.5) is 13.2 Å². The van der Waals surface area contributed by atoms with Crippen LogP contribution in [0.3, 0.4) is 0 Å². The van der Waals surface area contributed by atoms with E-state index in [9.17, 15) is 18.0 Å². The van der Waals surface area contributed by atoms with Crippen LogP contribution >= 0.6 is 0 Å². The van der Waals surface area contributed by atoms with Crippen molar-refractivity contribution in [3.8, 4) is 0 Å². The van der Waals surface area contributed by atoms with Gasteiger partial charge in [-0.15, -0.1) is 0 Å². The number of alkyl halides is 3. The molecule has 18 heavy (non-hydrogen) atoms. The van der Waals surface area contributed by atoms with Crippen LogP contribution in [0.15, 0.2) is 0 Å². The van der Waals surface area contributed by atoms with E-state index < -0.39 is 17.6 Å². The third-order valence-electron chi connectivity index (χ3n) is 3.87. The minimum absolute atomic E-state index is 0.256. The lowest BCUT2D eigenvalue weighted by Gasteiger charge is -2.31. The van der Waals surface area contributed by atoms with Gasteiger partial charge in [0.25, 0.3) is 0 Å². The predicted octanol–water partition coefficient (Wildman–Crippen LogP) is 2.21. The minimum Gasteiger partial charge on any atom is -0.354 e. The summed E-state index contributed by atoms with van der Waals surface area (Å²) in [6, 6.07) is 0. The van der Waals surface area contributed by atoms with E-state index in [1.54, 1.807) is 0 Å². The Kier molecular flexibility index (Phi) is 4.64. The van der Waals surface area contributed by atoms with Crippen molar-refractivity contribution in [3.05, 3.63) is 0 Å². The minimum atomic E-state index is -4.73. The second-order valence-electron chi connectivity index (χ2n) is 5.43. The topological polar surface area (TPSA) is 55.1 Å². The summed E-state index contributed by atoms with van der Waals surface area (Å²) in [7, 11) is 0. The summed E-state index contributed by atoms with van der Waals surface area (Å²) in [6.45, 7) is 3.05. The zero-order valence-electron chi connectivity index (χ0n) is 10.8. The van der Waals surface area contributed by atoms with E-state index in [0.29, 0.717) is 12.8 Å². The van der Waals surface area contributed by atoms with Crippen molar-refractivity contribution >= 4 is 5.91 Å². The van der Waals surface area contributed by atoms with Gasteiger partial charge in [0.2, 0.25) is 5.91 Å². The molecule has 1 fully saturated rings. The third-order valence-corrected chi connectivity index (χ3v) is 3.87. The zero-order chi connectivity index (χ0) is 14.0. The van der Waals surface area contributed by atoms with Crippen molar-refractivity contribution < 1.29 is 18.0 Å². The molecule has 0 spiro atoms. The maximum atomic E-state index is 12.5. The Bertz CT molecular complexity index is 302. The molecule has 0 aliphatic heterocycles. The van der Waals surface area contributed by atoms with E-state index in [4.69, 9.17) is 5.73 Å². The van der Waals surface area contributed by atoms with Gasteiger partial charge in [0.05, 0.1) is 0 Å². The molecule has 3 unspecified atom stereocenters. The highest BCUT2D eigenvalue weighted by Crippen LogP contribution is 2.30. The van der Waals surface area contributed by atoms with E-state index in [2.05, 4.69) is 12.2 Å². The van der Waals surface area contributed by atoms with Gasteiger partial charge in [-0.2, -0.15) is 13.2 Å². The SMILES string of the molecule is CC1CCCCC1CNC(=O)C(C)(N)C(F)(F)F. The average molecular weight is 266 g/mol. The summed E-state index contributed by atoms with van der Waals surface area (Å²) in [5.41, 5.74) is 2.24. The summed E-state index contributed by atoms with van der Waals surface area (Å²) in [4.78, 5) is 11.5. The summed E-state index contributed by atoms with van der Waals surface area (Å²) in [5.74, 6) is -0.450. The van der Waals surface area contributed by atoms with Gasteiger partial charge in [0.15, 0.2) is 5.54 Å². The normalized spacial score (nSPS) is 28.6. The summed E-state index contributed by atoms with van der Waals surface area (Å²) in [6.07, 6.45) is -0.476. The number of nitrogens with two attached hydrogens (primary N) is 1. The molecule has 3 nitrogen and oxygen atoms in total. The largest absolute Gasteiger partial charge is 0.415 e. The van der Waals surface area contributed by atoms with E-state index in [-0.39, 0.29) is 12.5 Å². The van der Waals surface area contributed by atoms with Gasteiger partial charge in [0, 0.05) is 6.54 Å². The maximum absolute atomic E-state index is 12.5. The number of halogens is 3. The first-order chi connectivity index (χ1) is 8.16. The maximum Gasteiger partial charge on any atom is 0.415 e. The van der Waals surface area contributed by atoms with Crippen LogP contribution in [0.25, 0.3) is 0 Å². The van der Waals surface area contributed by atoms with Gasteiger partial charge < -0.3 is 11.1 Å². The molecular weight excluding hydrogens is 245 g/mol. The lowest BCUT2D eigenvalue weighted by molar-refractivity contribution is -0.187. The van der Waals surface area contributed by atoms with Crippen LogP contribution in [-0.4, -0.2) is 24.2 Å². The molecule has 0 aromatic carbocycles. The number of hydrogen-bond donors (Lipinski definition) is 2. The van der Waals surface area contributed by atoms with E-state index in [1.165, 1.54) is 0 Å². The van der Waals surface area contributed by atoms with Gasteiger partial charge in [-0.05, 0) is 25.2 Å². The van der Waals surface area contributed by atoms with Crippen LogP contribution in [0.5, 0.6) is 0 Å². The molecule has 1 saturated carbocycles. The molecule has 0 heterocycles. The van der Waals surface area contributed by atoms with Gasteiger partial charge in [-0.1, -0.05) is 26.2 Å². The molecule has 6 heteroatoms. The van der Waals surface area contributed by atoms with Crippen LogP contribution in [0.2, 0.25) is 0 Å². The second kappa shape index (κ2) is 5.47. The highest BCUT2D eigenvalue weighted by atomic mass is 19.4.